The molecule has 2 aromatic rings. The molecular formula is C19H24F3N3. The molecule has 0 aliphatic carbocycles. The zero-order valence-electron chi connectivity index (χ0n) is 14.5. The molecule has 2 aliphatic rings. The number of piperidine rings is 2. The Kier molecular flexibility index (Phi) is 4.26. The normalized spacial score (nSPS) is 25.3. The molecule has 3 nitrogen and oxygen atoms in total. The van der Waals surface area contributed by atoms with Gasteiger partial charge in [0.15, 0.2) is 0 Å². The average molecular weight is 351 g/mol. The Balaban J connectivity index is 1.63. The van der Waals surface area contributed by atoms with Crippen molar-refractivity contribution in [2.24, 2.45) is 5.92 Å². The van der Waals surface area contributed by atoms with Crippen molar-refractivity contribution in [2.45, 2.75) is 57.8 Å². The lowest BCUT2D eigenvalue weighted by Crippen LogP contribution is -2.49. The Morgan fingerprint density at radius 2 is 1.92 bits per heavy atom. The highest BCUT2D eigenvalue weighted by Crippen LogP contribution is 2.34. The molecule has 4 rings (SSSR count). The second-order valence-corrected chi connectivity index (χ2v) is 7.47. The standard InChI is InChI=1S/C19H24F3N3/c1-13-23-16-11-15(19(20,21)22)7-8-18(16)25(13)12-14-5-4-10-24-9-3-2-6-17(14)24/h7-8,11,14,17H,2-6,9-10,12H2,1H3/t14-,17+/m0/s1. The molecule has 0 radical (unpaired) electrons. The molecule has 6 heteroatoms. The fourth-order valence-corrected chi connectivity index (χ4v) is 4.68. The summed E-state index contributed by atoms with van der Waals surface area (Å²) < 4.78 is 40.9. The first-order valence-electron chi connectivity index (χ1n) is 9.21. The van der Waals surface area contributed by atoms with Crippen LogP contribution in [0.15, 0.2) is 18.2 Å². The molecule has 0 amide bonds. The number of alkyl halides is 3. The number of benzene rings is 1. The Labute approximate surface area is 145 Å². The van der Waals surface area contributed by atoms with Crippen LogP contribution in [0.3, 0.4) is 0 Å². The molecule has 1 aromatic heterocycles. The van der Waals surface area contributed by atoms with E-state index < -0.39 is 11.7 Å². The van der Waals surface area contributed by atoms with Gasteiger partial charge in [0, 0.05) is 12.6 Å². The second kappa shape index (κ2) is 6.31. The number of fused-ring (bicyclic) bond motifs is 2. The van der Waals surface area contributed by atoms with Gasteiger partial charge in [0.2, 0.25) is 0 Å². The van der Waals surface area contributed by atoms with Gasteiger partial charge in [-0.05, 0) is 69.8 Å². The van der Waals surface area contributed by atoms with Crippen LogP contribution < -0.4 is 0 Å². The van der Waals surface area contributed by atoms with Crippen LogP contribution >= 0.6 is 0 Å². The summed E-state index contributed by atoms with van der Waals surface area (Å²) >= 11 is 0. The molecule has 1 aromatic carbocycles. The van der Waals surface area contributed by atoms with Gasteiger partial charge in [0.25, 0.3) is 0 Å². The summed E-state index contributed by atoms with van der Waals surface area (Å²) in [4.78, 5) is 7.03. The third-order valence-electron chi connectivity index (χ3n) is 5.91. The molecule has 25 heavy (non-hydrogen) atoms. The van der Waals surface area contributed by atoms with E-state index >= 15 is 0 Å². The van der Waals surface area contributed by atoms with Crippen LogP contribution in [0.2, 0.25) is 0 Å². The molecule has 2 fully saturated rings. The van der Waals surface area contributed by atoms with E-state index in [1.165, 1.54) is 57.3 Å². The van der Waals surface area contributed by atoms with Crippen LogP contribution in [0.5, 0.6) is 0 Å². The van der Waals surface area contributed by atoms with Gasteiger partial charge in [-0.25, -0.2) is 4.98 Å². The first-order valence-corrected chi connectivity index (χ1v) is 9.21. The summed E-state index contributed by atoms with van der Waals surface area (Å²) in [5.41, 5.74) is 0.642. The SMILES string of the molecule is Cc1nc2cc(C(F)(F)F)ccc2n1C[C@@H]1CCCN2CCCC[C@H]12. The minimum absolute atomic E-state index is 0.448. The van der Waals surface area contributed by atoms with E-state index in [-0.39, 0.29) is 0 Å². The Hall–Kier alpha value is -1.56. The molecule has 2 aliphatic heterocycles. The van der Waals surface area contributed by atoms with Crippen LogP contribution in [-0.4, -0.2) is 33.6 Å². The summed E-state index contributed by atoms with van der Waals surface area (Å²) in [5.74, 6) is 1.37. The molecule has 2 saturated heterocycles. The first kappa shape index (κ1) is 16.9. The summed E-state index contributed by atoms with van der Waals surface area (Å²) in [6.07, 6.45) is 1.91. The van der Waals surface area contributed by atoms with Gasteiger partial charge in [0.05, 0.1) is 16.6 Å². The maximum Gasteiger partial charge on any atom is 0.416 e. The van der Waals surface area contributed by atoms with Crippen LogP contribution in [0.25, 0.3) is 11.0 Å². The summed E-state index contributed by atoms with van der Waals surface area (Å²) in [7, 11) is 0. The highest BCUT2D eigenvalue weighted by molar-refractivity contribution is 5.77. The minimum Gasteiger partial charge on any atom is -0.328 e. The average Bonchev–Trinajstić information content (AvgIpc) is 2.89. The van der Waals surface area contributed by atoms with Crippen LogP contribution in [0.1, 0.15) is 43.5 Å². The zero-order chi connectivity index (χ0) is 17.6. The van der Waals surface area contributed by atoms with E-state index in [2.05, 4.69) is 14.5 Å². The van der Waals surface area contributed by atoms with Gasteiger partial charge in [0.1, 0.15) is 5.82 Å². The van der Waals surface area contributed by atoms with E-state index in [1.54, 1.807) is 6.07 Å². The Morgan fingerprint density at radius 1 is 1.12 bits per heavy atom. The fourth-order valence-electron chi connectivity index (χ4n) is 4.68. The number of imidazole rings is 1. The van der Waals surface area contributed by atoms with Crippen molar-refractivity contribution in [1.29, 1.82) is 0 Å². The highest BCUT2D eigenvalue weighted by atomic mass is 19.4. The lowest BCUT2D eigenvalue weighted by molar-refractivity contribution is -0.137. The van der Waals surface area contributed by atoms with E-state index in [1.807, 2.05) is 6.92 Å². The van der Waals surface area contributed by atoms with Gasteiger partial charge in [-0.2, -0.15) is 13.2 Å². The molecule has 0 unspecified atom stereocenters. The number of aryl methyl sites for hydroxylation is 1. The quantitative estimate of drug-likeness (QED) is 0.787. The third kappa shape index (κ3) is 3.16. The molecule has 0 spiro atoms. The van der Waals surface area contributed by atoms with Crippen molar-refractivity contribution in [3.8, 4) is 0 Å². The first-order chi connectivity index (χ1) is 11.9. The summed E-state index contributed by atoms with van der Waals surface area (Å²) in [6, 6.07) is 4.55. The van der Waals surface area contributed by atoms with Crippen molar-refractivity contribution in [3.63, 3.8) is 0 Å². The zero-order valence-corrected chi connectivity index (χ0v) is 14.5. The lowest BCUT2D eigenvalue weighted by Gasteiger charge is -2.44. The Morgan fingerprint density at radius 3 is 2.72 bits per heavy atom. The van der Waals surface area contributed by atoms with Crippen molar-refractivity contribution in [2.75, 3.05) is 13.1 Å². The van der Waals surface area contributed by atoms with Crippen molar-refractivity contribution < 1.29 is 13.2 Å². The van der Waals surface area contributed by atoms with E-state index in [0.717, 1.165) is 17.9 Å². The van der Waals surface area contributed by atoms with Gasteiger partial charge >= 0.3 is 6.18 Å². The van der Waals surface area contributed by atoms with Gasteiger partial charge < -0.3 is 9.47 Å². The molecule has 0 saturated carbocycles. The number of aromatic nitrogens is 2. The maximum atomic E-state index is 12.9. The number of nitrogens with zero attached hydrogens (tertiary/aromatic N) is 3. The molecule has 2 atom stereocenters. The minimum atomic E-state index is -4.32. The predicted octanol–water partition coefficient (Wildman–Crippen LogP) is 4.63. The van der Waals surface area contributed by atoms with Crippen LogP contribution in [-0.2, 0) is 12.7 Å². The Bertz CT molecular complexity index is 763. The molecule has 136 valence electrons. The molecular weight excluding hydrogens is 327 g/mol. The van der Waals surface area contributed by atoms with Crippen molar-refractivity contribution in [3.05, 3.63) is 29.6 Å². The molecule has 0 bridgehead atoms. The molecule has 0 N–H and O–H groups in total. The maximum absolute atomic E-state index is 12.9. The fraction of sp³-hybridized carbons (Fsp3) is 0.632. The van der Waals surface area contributed by atoms with E-state index in [9.17, 15) is 13.2 Å². The highest BCUT2D eigenvalue weighted by Gasteiger charge is 2.34. The number of hydrogen-bond donors (Lipinski definition) is 0. The second-order valence-electron chi connectivity index (χ2n) is 7.47. The van der Waals surface area contributed by atoms with Crippen molar-refractivity contribution in [1.82, 2.24) is 14.5 Å². The van der Waals surface area contributed by atoms with Gasteiger partial charge in [-0.1, -0.05) is 6.42 Å². The summed E-state index contributed by atoms with van der Waals surface area (Å²) in [5, 5.41) is 0. The number of halogens is 3. The summed E-state index contributed by atoms with van der Waals surface area (Å²) in [6.45, 7) is 5.14. The third-order valence-corrected chi connectivity index (χ3v) is 5.91. The lowest BCUT2D eigenvalue weighted by atomic mass is 9.83. The number of hydrogen-bond acceptors (Lipinski definition) is 2. The predicted molar refractivity (Wildman–Crippen MR) is 91.4 cm³/mol. The van der Waals surface area contributed by atoms with E-state index in [0.29, 0.717) is 17.5 Å². The van der Waals surface area contributed by atoms with Gasteiger partial charge in [-0.15, -0.1) is 0 Å². The van der Waals surface area contributed by atoms with E-state index in [4.69, 9.17) is 0 Å². The smallest absolute Gasteiger partial charge is 0.328 e. The monoisotopic (exact) mass is 351 g/mol. The largest absolute Gasteiger partial charge is 0.416 e. The topological polar surface area (TPSA) is 21.1 Å². The van der Waals surface area contributed by atoms with Crippen molar-refractivity contribution >= 4 is 11.0 Å². The van der Waals surface area contributed by atoms with Crippen LogP contribution in [0, 0.1) is 12.8 Å². The van der Waals surface area contributed by atoms with Gasteiger partial charge in [-0.3, -0.25) is 0 Å². The molecule has 3 heterocycles. The number of rotatable bonds is 2. The van der Waals surface area contributed by atoms with Crippen LogP contribution in [0.4, 0.5) is 13.2 Å².